The van der Waals surface area contributed by atoms with Gasteiger partial charge in [-0.05, 0) is 32.4 Å². The molecule has 1 aromatic rings. The molecule has 1 aromatic carbocycles. The lowest BCUT2D eigenvalue weighted by atomic mass is 9.98. The summed E-state index contributed by atoms with van der Waals surface area (Å²) in [5, 5.41) is 11.7. The van der Waals surface area contributed by atoms with Crippen molar-refractivity contribution in [2.24, 2.45) is 0 Å². The Morgan fingerprint density at radius 3 is 2.28 bits per heavy atom. The van der Waals surface area contributed by atoms with Crippen LogP contribution in [-0.4, -0.2) is 5.54 Å². The molecule has 0 aromatic heterocycles. The first-order valence-corrected chi connectivity index (χ1v) is 6.02. The maximum Gasteiger partial charge on any atom is 0.131 e. The largest absolute Gasteiger partial charge is 0.308 e. The number of hydrogen-bond acceptors (Lipinski definition) is 2. The Morgan fingerprint density at radius 2 is 1.83 bits per heavy atom. The second-order valence-corrected chi connectivity index (χ2v) is 5.02. The summed E-state index contributed by atoms with van der Waals surface area (Å²) in [7, 11) is 0. The van der Waals surface area contributed by atoms with Gasteiger partial charge in [-0.3, -0.25) is 0 Å². The van der Waals surface area contributed by atoms with Crippen LogP contribution < -0.4 is 5.32 Å². The highest BCUT2D eigenvalue weighted by molar-refractivity contribution is 5.34. The summed E-state index contributed by atoms with van der Waals surface area (Å²) in [6, 6.07) is 3.85. The second kappa shape index (κ2) is 5.92. The van der Waals surface area contributed by atoms with Gasteiger partial charge >= 0.3 is 0 Å². The highest BCUT2D eigenvalue weighted by atomic mass is 19.1. The van der Waals surface area contributed by atoms with Crippen molar-refractivity contribution in [2.45, 2.75) is 45.7 Å². The second-order valence-electron chi connectivity index (χ2n) is 5.02. The van der Waals surface area contributed by atoms with E-state index in [4.69, 9.17) is 5.26 Å². The third-order valence-corrected chi connectivity index (χ3v) is 2.89. The third kappa shape index (κ3) is 3.78. The Hall–Kier alpha value is -1.47. The third-order valence-electron chi connectivity index (χ3n) is 2.89. The van der Waals surface area contributed by atoms with Crippen LogP contribution in [0.25, 0.3) is 0 Å². The highest BCUT2D eigenvalue weighted by Crippen LogP contribution is 2.17. The van der Waals surface area contributed by atoms with Crippen molar-refractivity contribution in [3.05, 3.63) is 34.9 Å². The van der Waals surface area contributed by atoms with E-state index in [0.717, 1.165) is 25.0 Å². The minimum atomic E-state index is -0.675. The monoisotopic (exact) mass is 252 g/mol. The first kappa shape index (κ1) is 14.6. The van der Waals surface area contributed by atoms with E-state index in [9.17, 15) is 8.78 Å². The molecule has 98 valence electrons. The van der Waals surface area contributed by atoms with Crippen molar-refractivity contribution in [1.82, 2.24) is 5.32 Å². The number of nitrogens with one attached hydrogen (secondary N) is 1. The fourth-order valence-electron chi connectivity index (χ4n) is 1.88. The van der Waals surface area contributed by atoms with E-state index >= 15 is 0 Å². The van der Waals surface area contributed by atoms with Gasteiger partial charge in [0.2, 0.25) is 0 Å². The van der Waals surface area contributed by atoms with Crippen LogP contribution >= 0.6 is 0 Å². The molecule has 0 saturated heterocycles. The number of hydrogen-bond donors (Lipinski definition) is 1. The Bertz CT molecular complexity index is 438. The lowest BCUT2D eigenvalue weighted by Crippen LogP contribution is -2.38. The lowest BCUT2D eigenvalue weighted by molar-refractivity contribution is 0.350. The van der Waals surface area contributed by atoms with Gasteiger partial charge in [0.05, 0.1) is 11.6 Å². The molecule has 0 aliphatic heterocycles. The van der Waals surface area contributed by atoms with Gasteiger partial charge in [0.1, 0.15) is 11.6 Å². The van der Waals surface area contributed by atoms with Crippen LogP contribution in [0.5, 0.6) is 0 Å². The summed E-state index contributed by atoms with van der Waals surface area (Å²) in [5.41, 5.74) is -0.179. The molecule has 0 unspecified atom stereocenters. The molecule has 4 heteroatoms. The minimum absolute atomic E-state index is 0.00145. The Morgan fingerprint density at radius 1 is 1.28 bits per heavy atom. The van der Waals surface area contributed by atoms with Crippen molar-refractivity contribution < 1.29 is 8.78 Å². The van der Waals surface area contributed by atoms with Crippen LogP contribution in [0, 0.1) is 23.0 Å². The molecule has 18 heavy (non-hydrogen) atoms. The maximum absolute atomic E-state index is 13.6. The summed E-state index contributed by atoms with van der Waals surface area (Å²) < 4.78 is 27.3. The summed E-state index contributed by atoms with van der Waals surface area (Å²) in [6.45, 7) is 6.18. The van der Waals surface area contributed by atoms with E-state index in [2.05, 4.69) is 12.2 Å². The molecule has 0 atom stereocenters. The fourth-order valence-corrected chi connectivity index (χ4v) is 1.88. The van der Waals surface area contributed by atoms with Crippen molar-refractivity contribution in [3.8, 4) is 6.07 Å². The van der Waals surface area contributed by atoms with Gasteiger partial charge in [-0.1, -0.05) is 13.3 Å². The zero-order valence-electron chi connectivity index (χ0n) is 11.0. The molecule has 1 N–H and O–H groups in total. The summed E-state index contributed by atoms with van der Waals surface area (Å²) >= 11 is 0. The lowest BCUT2D eigenvalue weighted by Gasteiger charge is -2.26. The molecule has 0 amide bonds. The summed E-state index contributed by atoms with van der Waals surface area (Å²) in [6.07, 6.45) is 1.92. The van der Waals surface area contributed by atoms with Crippen LogP contribution in [0.4, 0.5) is 8.78 Å². The van der Waals surface area contributed by atoms with E-state index in [1.165, 1.54) is 0 Å². The first-order valence-electron chi connectivity index (χ1n) is 6.02. The first-order chi connectivity index (χ1) is 8.39. The van der Waals surface area contributed by atoms with E-state index in [0.29, 0.717) is 0 Å². The molecule has 0 radical (unpaired) electrons. The topological polar surface area (TPSA) is 35.8 Å². The van der Waals surface area contributed by atoms with Crippen molar-refractivity contribution >= 4 is 0 Å². The SMILES string of the molecule is CCCC(C)(C)NCc1c(F)cc(C#N)cc1F. The average Bonchev–Trinajstić information content (AvgIpc) is 2.27. The summed E-state index contributed by atoms with van der Waals surface area (Å²) in [4.78, 5) is 0. The quantitative estimate of drug-likeness (QED) is 0.870. The van der Waals surface area contributed by atoms with E-state index in [-0.39, 0.29) is 23.2 Å². The van der Waals surface area contributed by atoms with Crippen molar-refractivity contribution in [2.75, 3.05) is 0 Å². The van der Waals surface area contributed by atoms with Gasteiger partial charge in [0, 0.05) is 17.6 Å². The number of benzene rings is 1. The molecule has 0 heterocycles. The van der Waals surface area contributed by atoms with Crippen LogP contribution in [-0.2, 0) is 6.54 Å². The van der Waals surface area contributed by atoms with Crippen LogP contribution in [0.15, 0.2) is 12.1 Å². The predicted octanol–water partition coefficient (Wildman–Crippen LogP) is 3.50. The van der Waals surface area contributed by atoms with Gasteiger partial charge in [-0.2, -0.15) is 5.26 Å². The number of rotatable bonds is 5. The van der Waals surface area contributed by atoms with E-state index in [1.54, 1.807) is 6.07 Å². The van der Waals surface area contributed by atoms with Crippen molar-refractivity contribution in [3.63, 3.8) is 0 Å². The molecule has 0 fully saturated rings. The minimum Gasteiger partial charge on any atom is -0.308 e. The predicted molar refractivity (Wildman–Crippen MR) is 66.9 cm³/mol. The fraction of sp³-hybridized carbons (Fsp3) is 0.500. The molecule has 0 aliphatic carbocycles. The smallest absolute Gasteiger partial charge is 0.131 e. The Kier molecular flexibility index (Phi) is 4.80. The van der Waals surface area contributed by atoms with E-state index in [1.807, 2.05) is 13.8 Å². The normalized spacial score (nSPS) is 11.3. The van der Waals surface area contributed by atoms with Gasteiger partial charge in [-0.25, -0.2) is 8.78 Å². The molecule has 0 bridgehead atoms. The van der Waals surface area contributed by atoms with Gasteiger partial charge < -0.3 is 5.32 Å². The molecule has 0 saturated carbocycles. The summed E-state index contributed by atoms with van der Waals surface area (Å²) in [5.74, 6) is -1.35. The Balaban J connectivity index is 2.83. The molecule has 1 rings (SSSR count). The molecular formula is C14H18F2N2. The maximum atomic E-state index is 13.6. The van der Waals surface area contributed by atoms with Crippen LogP contribution in [0.1, 0.15) is 44.7 Å². The van der Waals surface area contributed by atoms with E-state index < -0.39 is 11.6 Å². The molecule has 0 aliphatic rings. The van der Waals surface area contributed by atoms with Gasteiger partial charge in [0.25, 0.3) is 0 Å². The Labute approximate surface area is 107 Å². The van der Waals surface area contributed by atoms with Crippen LogP contribution in [0.2, 0.25) is 0 Å². The van der Waals surface area contributed by atoms with Gasteiger partial charge in [-0.15, -0.1) is 0 Å². The number of nitriles is 1. The number of nitrogens with zero attached hydrogens (tertiary/aromatic N) is 1. The molecule has 2 nitrogen and oxygen atoms in total. The molecular weight excluding hydrogens is 234 g/mol. The zero-order valence-corrected chi connectivity index (χ0v) is 11.0. The van der Waals surface area contributed by atoms with Crippen molar-refractivity contribution in [1.29, 1.82) is 5.26 Å². The van der Waals surface area contributed by atoms with Crippen LogP contribution in [0.3, 0.4) is 0 Å². The highest BCUT2D eigenvalue weighted by Gasteiger charge is 2.18. The standard InChI is InChI=1S/C14H18F2N2/c1-4-5-14(2,3)18-9-11-12(15)6-10(8-17)7-13(11)16/h6-7,18H,4-5,9H2,1-3H3. The average molecular weight is 252 g/mol. The zero-order chi connectivity index (χ0) is 13.8. The molecule has 0 spiro atoms. The van der Waals surface area contributed by atoms with Gasteiger partial charge in [0.15, 0.2) is 0 Å². The number of halogens is 2.